The molecule has 8 heteroatoms. The van der Waals surface area contributed by atoms with Gasteiger partial charge in [-0.3, -0.25) is 14.8 Å². The summed E-state index contributed by atoms with van der Waals surface area (Å²) >= 11 is 1.83. The maximum atomic E-state index is 10.2. The van der Waals surface area contributed by atoms with Gasteiger partial charge in [0.05, 0.1) is 13.2 Å². The number of methoxy groups -OCH3 is 1. The SMILES string of the molecule is CN=C1NC(c2ccc3c(c2)CCN3C)C(C)S1.COc1ccc(CC=O)cc1.Cc1ncccc1C=O. The molecular weight excluding hydrogens is 496 g/mol. The number of nitrogens with one attached hydrogen (secondary N) is 1. The second kappa shape index (κ2) is 14.3. The number of likely N-dealkylation sites (N-methyl/N-ethyl adjacent to an activating group) is 1. The van der Waals surface area contributed by atoms with Crippen LogP contribution in [-0.4, -0.2) is 55.7 Å². The highest BCUT2D eigenvalue weighted by Crippen LogP contribution is 2.36. The zero-order valence-corrected chi connectivity index (χ0v) is 23.5. The van der Waals surface area contributed by atoms with Gasteiger partial charge in [0.2, 0.25) is 0 Å². The summed E-state index contributed by atoms with van der Waals surface area (Å²) in [5.41, 5.74) is 6.73. The minimum Gasteiger partial charge on any atom is -0.497 e. The Bertz CT molecular complexity index is 1250. The van der Waals surface area contributed by atoms with Crippen LogP contribution < -0.4 is 15.0 Å². The number of benzene rings is 2. The number of aldehydes is 2. The van der Waals surface area contributed by atoms with Crippen molar-refractivity contribution in [2.45, 2.75) is 38.0 Å². The van der Waals surface area contributed by atoms with E-state index in [9.17, 15) is 9.59 Å². The monoisotopic (exact) mass is 532 g/mol. The molecule has 2 unspecified atom stereocenters. The molecular formula is C30H36N4O3S. The molecule has 1 saturated heterocycles. The predicted molar refractivity (Wildman–Crippen MR) is 157 cm³/mol. The molecule has 2 aliphatic heterocycles. The number of thioether (sulfide) groups is 1. The van der Waals surface area contributed by atoms with Crippen LogP contribution in [0.5, 0.6) is 5.75 Å². The average molecular weight is 533 g/mol. The predicted octanol–water partition coefficient (Wildman–Crippen LogP) is 5.07. The lowest BCUT2D eigenvalue weighted by Crippen LogP contribution is -2.22. The quantitative estimate of drug-likeness (QED) is 0.459. The van der Waals surface area contributed by atoms with Gasteiger partial charge in [-0.25, -0.2) is 0 Å². The van der Waals surface area contributed by atoms with Gasteiger partial charge in [-0.15, -0.1) is 0 Å². The third-order valence-electron chi connectivity index (χ3n) is 6.49. The first-order valence-electron chi connectivity index (χ1n) is 12.6. The summed E-state index contributed by atoms with van der Waals surface area (Å²) in [7, 11) is 5.64. The van der Waals surface area contributed by atoms with Crippen molar-refractivity contribution in [1.82, 2.24) is 10.3 Å². The molecule has 0 radical (unpaired) electrons. The Morgan fingerprint density at radius 2 is 1.95 bits per heavy atom. The fourth-order valence-electron chi connectivity index (χ4n) is 4.26. The van der Waals surface area contributed by atoms with Crippen molar-refractivity contribution >= 4 is 35.2 Å². The Morgan fingerprint density at radius 3 is 2.53 bits per heavy atom. The Balaban J connectivity index is 0.000000172. The summed E-state index contributed by atoms with van der Waals surface area (Å²) in [5, 5.41) is 5.11. The molecule has 3 aromatic rings. The summed E-state index contributed by atoms with van der Waals surface area (Å²) in [6.45, 7) is 5.21. The molecule has 0 saturated carbocycles. The first-order chi connectivity index (χ1) is 18.4. The van der Waals surface area contributed by atoms with Crippen LogP contribution in [-0.2, 0) is 17.6 Å². The van der Waals surface area contributed by atoms with Gasteiger partial charge in [0.15, 0.2) is 11.5 Å². The number of carbonyl (C=O) groups is 2. The molecule has 0 aliphatic carbocycles. The summed E-state index contributed by atoms with van der Waals surface area (Å²) in [5.74, 6) is 0.819. The number of aliphatic imine (C=N–C) groups is 1. The Labute approximate surface area is 229 Å². The van der Waals surface area contributed by atoms with Crippen molar-refractivity contribution in [3.8, 4) is 5.75 Å². The van der Waals surface area contributed by atoms with Crippen molar-refractivity contribution < 1.29 is 14.3 Å². The first-order valence-corrected chi connectivity index (χ1v) is 13.4. The van der Waals surface area contributed by atoms with Gasteiger partial charge in [0.25, 0.3) is 0 Å². The summed E-state index contributed by atoms with van der Waals surface area (Å²) in [6.07, 6.45) is 5.01. The molecule has 2 aliphatic rings. The van der Waals surface area contributed by atoms with E-state index in [0.29, 0.717) is 23.3 Å². The highest BCUT2D eigenvalue weighted by molar-refractivity contribution is 8.14. The zero-order chi connectivity index (χ0) is 27.5. The summed E-state index contributed by atoms with van der Waals surface area (Å²) < 4.78 is 4.96. The number of aromatic nitrogens is 1. The van der Waals surface area contributed by atoms with Crippen molar-refractivity contribution in [1.29, 1.82) is 0 Å². The van der Waals surface area contributed by atoms with Crippen LogP contribution in [0.2, 0.25) is 0 Å². The first kappa shape index (κ1) is 28.9. The highest BCUT2D eigenvalue weighted by Gasteiger charge is 2.30. The lowest BCUT2D eigenvalue weighted by molar-refractivity contribution is -0.107. The van der Waals surface area contributed by atoms with E-state index in [0.717, 1.165) is 41.3 Å². The number of nitrogens with zero attached hydrogens (tertiary/aromatic N) is 3. The third kappa shape index (κ3) is 7.68. The van der Waals surface area contributed by atoms with Crippen molar-refractivity contribution in [3.63, 3.8) is 0 Å². The Kier molecular flexibility index (Phi) is 10.9. The fraction of sp³-hybridized carbons (Fsp3) is 0.333. The van der Waals surface area contributed by atoms with Gasteiger partial charge >= 0.3 is 0 Å². The van der Waals surface area contributed by atoms with Crippen LogP contribution in [0.1, 0.15) is 45.7 Å². The zero-order valence-electron chi connectivity index (χ0n) is 22.7. The molecule has 0 bridgehead atoms. The Morgan fingerprint density at radius 1 is 1.18 bits per heavy atom. The van der Waals surface area contributed by atoms with Gasteiger partial charge in [-0.05, 0) is 60.4 Å². The molecule has 38 heavy (non-hydrogen) atoms. The van der Waals surface area contributed by atoms with E-state index in [1.165, 1.54) is 23.2 Å². The van der Waals surface area contributed by atoms with Gasteiger partial charge in [-0.2, -0.15) is 0 Å². The smallest absolute Gasteiger partial charge is 0.157 e. The van der Waals surface area contributed by atoms with E-state index in [-0.39, 0.29) is 0 Å². The third-order valence-corrected chi connectivity index (χ3v) is 7.66. The second-order valence-corrected chi connectivity index (χ2v) is 10.4. The summed E-state index contributed by atoms with van der Waals surface area (Å²) in [4.78, 5) is 30.8. The summed E-state index contributed by atoms with van der Waals surface area (Å²) in [6, 6.07) is 18.2. The van der Waals surface area contributed by atoms with Crippen LogP contribution in [0, 0.1) is 6.92 Å². The van der Waals surface area contributed by atoms with Gasteiger partial charge < -0.3 is 19.7 Å². The normalized spacial score (nSPS) is 18.3. The molecule has 3 heterocycles. The molecule has 0 amide bonds. The van der Waals surface area contributed by atoms with E-state index in [4.69, 9.17) is 4.74 Å². The molecule has 200 valence electrons. The molecule has 7 nitrogen and oxygen atoms in total. The number of amidine groups is 1. The van der Waals surface area contributed by atoms with E-state index in [1.807, 2.05) is 50.0 Å². The number of fused-ring (bicyclic) bond motifs is 1. The molecule has 2 aromatic carbocycles. The van der Waals surface area contributed by atoms with Gasteiger partial charge in [0, 0.05) is 55.5 Å². The van der Waals surface area contributed by atoms with E-state index in [2.05, 4.69) is 52.4 Å². The molecule has 1 aromatic heterocycles. The Hall–Kier alpha value is -3.65. The highest BCUT2D eigenvalue weighted by atomic mass is 32.2. The van der Waals surface area contributed by atoms with E-state index in [1.54, 1.807) is 25.4 Å². The molecule has 1 fully saturated rings. The standard InChI is InChI=1S/C14H19N3S.C9H10O2.C7H7NO/c1-9-13(16-14(15-2)18-9)11-4-5-12-10(8-11)6-7-17(12)3;1-11-9-4-2-8(3-5-9)6-7-10;1-6-7(5-9)3-2-4-8-6/h4-5,8-9,13H,6-7H2,1-3H3,(H,15,16);2-5,7H,6H2,1H3;2-5H,1H3. The number of anilines is 1. The number of pyridine rings is 1. The molecule has 5 rings (SSSR count). The molecule has 1 N–H and O–H groups in total. The maximum absolute atomic E-state index is 10.2. The van der Waals surface area contributed by atoms with Crippen LogP contribution in [0.15, 0.2) is 65.8 Å². The minimum absolute atomic E-state index is 0.393. The van der Waals surface area contributed by atoms with Crippen LogP contribution in [0.25, 0.3) is 0 Å². The number of hydrogen-bond donors (Lipinski definition) is 1. The maximum Gasteiger partial charge on any atom is 0.157 e. The van der Waals surface area contributed by atoms with Gasteiger partial charge in [-0.1, -0.05) is 43.0 Å². The van der Waals surface area contributed by atoms with E-state index < -0.39 is 0 Å². The number of rotatable bonds is 5. The van der Waals surface area contributed by atoms with E-state index >= 15 is 0 Å². The van der Waals surface area contributed by atoms with Crippen molar-refractivity contribution in [2.24, 2.45) is 4.99 Å². The fourth-order valence-corrected chi connectivity index (χ4v) is 5.27. The largest absolute Gasteiger partial charge is 0.497 e. The molecule has 2 atom stereocenters. The van der Waals surface area contributed by atoms with Crippen molar-refractivity contribution in [3.05, 3.63) is 88.7 Å². The minimum atomic E-state index is 0.393. The lowest BCUT2D eigenvalue weighted by Gasteiger charge is -2.17. The van der Waals surface area contributed by atoms with Crippen LogP contribution >= 0.6 is 11.8 Å². The second-order valence-electron chi connectivity index (χ2n) is 9.05. The van der Waals surface area contributed by atoms with Crippen LogP contribution in [0.4, 0.5) is 5.69 Å². The lowest BCUT2D eigenvalue weighted by atomic mass is 10.0. The topological polar surface area (TPSA) is 83.9 Å². The van der Waals surface area contributed by atoms with Gasteiger partial charge in [0.1, 0.15) is 12.0 Å². The number of carbonyl (C=O) groups excluding carboxylic acids is 2. The number of hydrogen-bond acceptors (Lipinski definition) is 7. The average Bonchev–Trinajstić information content (AvgIpc) is 3.52. The number of ether oxygens (including phenoxy) is 1. The van der Waals surface area contributed by atoms with Crippen LogP contribution in [0.3, 0.4) is 0 Å². The molecule has 0 spiro atoms. The number of aryl methyl sites for hydroxylation is 1. The van der Waals surface area contributed by atoms with Crippen molar-refractivity contribution in [2.75, 3.05) is 32.6 Å².